The maximum atomic E-state index is 11.6. The molecular formula is C25H32N6O3S. The molecule has 0 radical (unpaired) electrons. The van der Waals surface area contributed by atoms with Crippen molar-refractivity contribution in [1.29, 1.82) is 0 Å². The SMILES string of the molecule is CC(C)n1ncnc1-c1cn2c(n1)-c1cc(SC3CCN(C(C)(C)C(=O)O)CC3)ccc1OCC2. The molecule has 0 amide bonds. The zero-order valence-corrected chi connectivity index (χ0v) is 21.5. The third-order valence-corrected chi connectivity index (χ3v) is 8.24. The van der Waals surface area contributed by atoms with Crippen molar-refractivity contribution in [2.24, 2.45) is 0 Å². The molecule has 10 heteroatoms. The Hall–Kier alpha value is -2.85. The molecule has 4 heterocycles. The second-order valence-electron chi connectivity index (χ2n) is 9.94. The van der Waals surface area contributed by atoms with Gasteiger partial charge in [-0.3, -0.25) is 9.69 Å². The van der Waals surface area contributed by atoms with Crippen molar-refractivity contribution in [1.82, 2.24) is 29.2 Å². The molecule has 0 bridgehead atoms. The first-order chi connectivity index (χ1) is 16.7. The summed E-state index contributed by atoms with van der Waals surface area (Å²) >= 11 is 1.86. The largest absolute Gasteiger partial charge is 0.491 e. The van der Waals surface area contributed by atoms with Gasteiger partial charge in [0, 0.05) is 35.5 Å². The first kappa shape index (κ1) is 23.9. The van der Waals surface area contributed by atoms with E-state index in [2.05, 4.69) is 45.5 Å². The van der Waals surface area contributed by atoms with Crippen molar-refractivity contribution >= 4 is 17.7 Å². The summed E-state index contributed by atoms with van der Waals surface area (Å²) in [5, 5.41) is 14.3. The van der Waals surface area contributed by atoms with Gasteiger partial charge in [-0.05, 0) is 58.7 Å². The van der Waals surface area contributed by atoms with Crippen LogP contribution in [-0.2, 0) is 11.3 Å². The van der Waals surface area contributed by atoms with Gasteiger partial charge in [-0.1, -0.05) is 0 Å². The summed E-state index contributed by atoms with van der Waals surface area (Å²) in [5.74, 6) is 1.72. The molecular weight excluding hydrogens is 464 g/mol. The number of hydrogen-bond acceptors (Lipinski definition) is 7. The predicted molar refractivity (Wildman–Crippen MR) is 135 cm³/mol. The molecule has 9 nitrogen and oxygen atoms in total. The van der Waals surface area contributed by atoms with E-state index in [4.69, 9.17) is 9.72 Å². The number of thioether (sulfide) groups is 1. The molecule has 0 aliphatic carbocycles. The number of ether oxygens (including phenoxy) is 1. The Morgan fingerprint density at radius 3 is 2.69 bits per heavy atom. The van der Waals surface area contributed by atoms with E-state index < -0.39 is 11.5 Å². The smallest absolute Gasteiger partial charge is 0.323 e. The molecule has 186 valence electrons. The average Bonchev–Trinajstić information content (AvgIpc) is 3.44. The zero-order valence-electron chi connectivity index (χ0n) is 20.6. The van der Waals surface area contributed by atoms with Gasteiger partial charge in [0.05, 0.1) is 12.1 Å². The van der Waals surface area contributed by atoms with Crippen LogP contribution in [-0.4, -0.2) is 70.8 Å². The van der Waals surface area contributed by atoms with Crippen LogP contribution in [0, 0.1) is 0 Å². The van der Waals surface area contributed by atoms with E-state index in [1.165, 1.54) is 4.90 Å². The van der Waals surface area contributed by atoms with Gasteiger partial charge in [-0.2, -0.15) is 5.10 Å². The summed E-state index contributed by atoms with van der Waals surface area (Å²) in [6, 6.07) is 6.53. The average molecular weight is 497 g/mol. The van der Waals surface area contributed by atoms with Crippen LogP contribution in [0.4, 0.5) is 0 Å². The maximum Gasteiger partial charge on any atom is 0.323 e. The van der Waals surface area contributed by atoms with Gasteiger partial charge in [-0.25, -0.2) is 14.6 Å². The molecule has 0 spiro atoms. The third kappa shape index (κ3) is 4.56. The van der Waals surface area contributed by atoms with Crippen LogP contribution in [0.1, 0.15) is 46.6 Å². The highest BCUT2D eigenvalue weighted by Crippen LogP contribution is 2.39. The summed E-state index contributed by atoms with van der Waals surface area (Å²) in [6.45, 7) is 10.6. The number of likely N-dealkylation sites (tertiary alicyclic amines) is 1. The zero-order chi connectivity index (χ0) is 24.7. The van der Waals surface area contributed by atoms with Gasteiger partial charge in [0.1, 0.15) is 35.7 Å². The van der Waals surface area contributed by atoms with E-state index in [9.17, 15) is 9.90 Å². The summed E-state index contributed by atoms with van der Waals surface area (Å²) in [5.41, 5.74) is 0.968. The lowest BCUT2D eigenvalue weighted by Crippen LogP contribution is -2.53. The number of imidazole rings is 1. The normalized spacial score (nSPS) is 17.1. The molecule has 1 fully saturated rings. The van der Waals surface area contributed by atoms with Crippen LogP contribution in [0.15, 0.2) is 35.6 Å². The van der Waals surface area contributed by atoms with E-state index >= 15 is 0 Å². The molecule has 35 heavy (non-hydrogen) atoms. The highest BCUT2D eigenvalue weighted by Gasteiger charge is 2.37. The second kappa shape index (κ2) is 9.31. The number of aliphatic carboxylic acids is 1. The van der Waals surface area contributed by atoms with Gasteiger partial charge in [0.2, 0.25) is 0 Å². The van der Waals surface area contributed by atoms with Crippen LogP contribution in [0.25, 0.3) is 22.9 Å². The summed E-state index contributed by atoms with van der Waals surface area (Å²) < 4.78 is 10.1. The number of carboxylic acid groups (broad SMARTS) is 1. The molecule has 0 atom stereocenters. The molecule has 2 aliphatic rings. The number of carboxylic acids is 1. The fourth-order valence-electron chi connectivity index (χ4n) is 4.72. The monoisotopic (exact) mass is 496 g/mol. The van der Waals surface area contributed by atoms with Crippen molar-refractivity contribution in [3.05, 3.63) is 30.7 Å². The minimum absolute atomic E-state index is 0.195. The number of rotatable bonds is 6. The molecule has 2 aromatic heterocycles. The van der Waals surface area contributed by atoms with Gasteiger partial charge < -0.3 is 14.4 Å². The fourth-order valence-corrected chi connectivity index (χ4v) is 5.88. The van der Waals surface area contributed by atoms with Crippen LogP contribution in [0.3, 0.4) is 0 Å². The van der Waals surface area contributed by atoms with E-state index in [-0.39, 0.29) is 6.04 Å². The van der Waals surface area contributed by atoms with E-state index in [1.807, 2.05) is 28.7 Å². The summed E-state index contributed by atoms with van der Waals surface area (Å²) in [6.07, 6.45) is 5.53. The van der Waals surface area contributed by atoms with Crippen molar-refractivity contribution in [2.45, 2.75) is 68.8 Å². The Kier molecular flexibility index (Phi) is 6.35. The number of benzene rings is 1. The van der Waals surface area contributed by atoms with E-state index in [0.717, 1.165) is 54.6 Å². The maximum absolute atomic E-state index is 11.6. The lowest BCUT2D eigenvalue weighted by Gasteiger charge is -2.40. The van der Waals surface area contributed by atoms with Gasteiger partial charge in [0.25, 0.3) is 0 Å². The quantitative estimate of drug-likeness (QED) is 0.542. The van der Waals surface area contributed by atoms with Gasteiger partial charge >= 0.3 is 5.97 Å². The van der Waals surface area contributed by atoms with Crippen LogP contribution in [0.5, 0.6) is 5.75 Å². The number of carbonyl (C=O) groups is 1. The molecule has 0 unspecified atom stereocenters. The Balaban J connectivity index is 1.37. The lowest BCUT2D eigenvalue weighted by atomic mass is 9.99. The topological polar surface area (TPSA) is 98.3 Å². The highest BCUT2D eigenvalue weighted by atomic mass is 32.2. The fraction of sp³-hybridized carbons (Fsp3) is 0.520. The number of nitrogens with zero attached hydrogens (tertiary/aromatic N) is 6. The Labute approximate surface area is 209 Å². The van der Waals surface area contributed by atoms with Crippen molar-refractivity contribution in [2.75, 3.05) is 19.7 Å². The minimum Gasteiger partial charge on any atom is -0.491 e. The van der Waals surface area contributed by atoms with Crippen molar-refractivity contribution < 1.29 is 14.6 Å². The third-order valence-electron chi connectivity index (χ3n) is 6.91. The van der Waals surface area contributed by atoms with Crippen LogP contribution < -0.4 is 4.74 Å². The minimum atomic E-state index is -0.828. The first-order valence-electron chi connectivity index (χ1n) is 12.1. The lowest BCUT2D eigenvalue weighted by molar-refractivity contribution is -0.149. The Morgan fingerprint density at radius 2 is 1.97 bits per heavy atom. The van der Waals surface area contributed by atoms with Crippen LogP contribution >= 0.6 is 11.8 Å². The molecule has 1 aromatic carbocycles. The Morgan fingerprint density at radius 1 is 1.20 bits per heavy atom. The number of fused-ring (bicyclic) bond motifs is 3. The van der Waals surface area contributed by atoms with E-state index in [1.54, 1.807) is 20.2 Å². The molecule has 0 saturated carbocycles. The number of aromatic nitrogens is 5. The van der Waals surface area contributed by atoms with Crippen molar-refractivity contribution in [3.8, 4) is 28.7 Å². The predicted octanol–water partition coefficient (Wildman–Crippen LogP) is 4.20. The summed E-state index contributed by atoms with van der Waals surface area (Å²) in [4.78, 5) is 24.3. The first-order valence-corrected chi connectivity index (χ1v) is 13.0. The Bertz CT molecular complexity index is 1230. The van der Waals surface area contributed by atoms with Gasteiger partial charge in [0.15, 0.2) is 5.82 Å². The van der Waals surface area contributed by atoms with Crippen molar-refractivity contribution in [3.63, 3.8) is 0 Å². The van der Waals surface area contributed by atoms with Crippen LogP contribution in [0.2, 0.25) is 0 Å². The second-order valence-corrected chi connectivity index (χ2v) is 11.3. The van der Waals surface area contributed by atoms with Gasteiger partial charge in [-0.15, -0.1) is 11.8 Å². The molecule has 2 aliphatic heterocycles. The number of piperidine rings is 1. The standard InChI is InChI=1S/C25H32N6O3S/c1-16(2)31-23(26-15-27-31)20-14-29-11-12-34-21-6-5-18(13-19(21)22(29)28-20)35-17-7-9-30(10-8-17)25(3,4)24(32)33/h5-6,13-17H,7-12H2,1-4H3,(H,32,33). The molecule has 1 N–H and O–H groups in total. The number of hydrogen-bond donors (Lipinski definition) is 1. The summed E-state index contributed by atoms with van der Waals surface area (Å²) in [7, 11) is 0. The molecule has 5 rings (SSSR count). The van der Waals surface area contributed by atoms with E-state index in [0.29, 0.717) is 18.4 Å². The molecule has 3 aromatic rings. The highest BCUT2D eigenvalue weighted by molar-refractivity contribution is 8.00. The molecule has 1 saturated heterocycles.